The van der Waals surface area contributed by atoms with E-state index in [9.17, 15) is 9.59 Å². The standard InChI is InChI=1S/C12H15N3O3/c16-10(14-12(4-5-12)11(17)18)8-7-13-15-6-2-1-3-9(8)15/h7H,1-6H2,(H,14,16)(H,17,18). The maximum Gasteiger partial charge on any atom is 0.329 e. The van der Waals surface area contributed by atoms with Crippen LogP contribution in [0.5, 0.6) is 0 Å². The maximum absolute atomic E-state index is 12.1. The molecule has 1 fully saturated rings. The van der Waals surface area contributed by atoms with Crippen molar-refractivity contribution in [3.8, 4) is 0 Å². The third-order valence-corrected chi connectivity index (χ3v) is 3.74. The molecule has 1 aromatic heterocycles. The molecule has 6 heteroatoms. The lowest BCUT2D eigenvalue weighted by molar-refractivity contribution is -0.140. The fourth-order valence-corrected chi connectivity index (χ4v) is 2.41. The van der Waals surface area contributed by atoms with Crippen molar-refractivity contribution in [1.29, 1.82) is 0 Å². The minimum absolute atomic E-state index is 0.307. The Balaban J connectivity index is 1.81. The Hall–Kier alpha value is -1.85. The van der Waals surface area contributed by atoms with Gasteiger partial charge in [0.1, 0.15) is 5.54 Å². The maximum atomic E-state index is 12.1. The average molecular weight is 249 g/mol. The number of hydrogen-bond donors (Lipinski definition) is 2. The summed E-state index contributed by atoms with van der Waals surface area (Å²) in [5.41, 5.74) is 0.433. The minimum Gasteiger partial charge on any atom is -0.480 e. The number of fused-ring (bicyclic) bond motifs is 1. The van der Waals surface area contributed by atoms with Gasteiger partial charge in [-0.3, -0.25) is 9.48 Å². The summed E-state index contributed by atoms with van der Waals surface area (Å²) in [5.74, 6) is -1.25. The van der Waals surface area contributed by atoms with E-state index in [1.54, 1.807) is 6.20 Å². The summed E-state index contributed by atoms with van der Waals surface area (Å²) in [6.45, 7) is 0.840. The Morgan fingerprint density at radius 3 is 2.83 bits per heavy atom. The number of carboxylic acids is 1. The number of nitrogens with zero attached hydrogens (tertiary/aromatic N) is 2. The van der Waals surface area contributed by atoms with Crippen molar-refractivity contribution in [2.75, 3.05) is 0 Å². The number of carbonyl (C=O) groups is 2. The van der Waals surface area contributed by atoms with E-state index in [0.29, 0.717) is 18.4 Å². The molecule has 1 aromatic rings. The van der Waals surface area contributed by atoms with Gasteiger partial charge in [-0.1, -0.05) is 0 Å². The first-order valence-electron chi connectivity index (χ1n) is 6.23. The molecule has 0 aromatic carbocycles. The van der Waals surface area contributed by atoms with Gasteiger partial charge in [-0.25, -0.2) is 4.79 Å². The van der Waals surface area contributed by atoms with Crippen LogP contribution in [0.3, 0.4) is 0 Å². The van der Waals surface area contributed by atoms with Gasteiger partial charge in [0.15, 0.2) is 0 Å². The van der Waals surface area contributed by atoms with Crippen molar-refractivity contribution in [3.05, 3.63) is 17.5 Å². The SMILES string of the molecule is O=C(NC1(C(=O)O)CC1)c1cnn2c1CCCC2. The molecule has 0 spiro atoms. The summed E-state index contributed by atoms with van der Waals surface area (Å²) in [6, 6.07) is 0. The number of aliphatic carboxylic acids is 1. The van der Waals surface area contributed by atoms with Crippen LogP contribution in [0.25, 0.3) is 0 Å². The molecule has 0 unspecified atom stereocenters. The first-order chi connectivity index (χ1) is 8.62. The third-order valence-electron chi connectivity index (χ3n) is 3.74. The Bertz CT molecular complexity index is 517. The van der Waals surface area contributed by atoms with E-state index in [0.717, 1.165) is 31.5 Å². The van der Waals surface area contributed by atoms with E-state index >= 15 is 0 Å². The number of carboxylic acid groups (broad SMARTS) is 1. The third kappa shape index (κ3) is 1.68. The van der Waals surface area contributed by atoms with Crippen LogP contribution < -0.4 is 5.32 Å². The first kappa shape index (κ1) is 11.3. The Kier molecular flexibility index (Phi) is 2.39. The Morgan fingerprint density at radius 2 is 2.17 bits per heavy atom. The zero-order chi connectivity index (χ0) is 12.8. The Morgan fingerprint density at radius 1 is 1.39 bits per heavy atom. The molecule has 2 aliphatic rings. The zero-order valence-corrected chi connectivity index (χ0v) is 9.98. The van der Waals surface area contributed by atoms with Crippen molar-refractivity contribution in [2.24, 2.45) is 0 Å². The van der Waals surface area contributed by atoms with Crippen LogP contribution in [0.4, 0.5) is 0 Å². The molecular weight excluding hydrogens is 234 g/mol. The summed E-state index contributed by atoms with van der Waals surface area (Å²) >= 11 is 0. The number of carbonyl (C=O) groups excluding carboxylic acids is 1. The molecule has 18 heavy (non-hydrogen) atoms. The van der Waals surface area contributed by atoms with Crippen LogP contribution in [-0.2, 0) is 17.8 Å². The van der Waals surface area contributed by atoms with Crippen molar-refractivity contribution < 1.29 is 14.7 Å². The molecule has 2 N–H and O–H groups in total. The predicted molar refractivity (Wildman–Crippen MR) is 62.2 cm³/mol. The second-order valence-electron chi connectivity index (χ2n) is 5.03. The molecule has 0 atom stereocenters. The van der Waals surface area contributed by atoms with Gasteiger partial charge in [-0.2, -0.15) is 5.10 Å². The minimum atomic E-state index is -1.03. The second kappa shape index (κ2) is 3.83. The topological polar surface area (TPSA) is 84.2 Å². The molecule has 6 nitrogen and oxygen atoms in total. The van der Waals surface area contributed by atoms with Crippen LogP contribution in [-0.4, -0.2) is 32.3 Å². The van der Waals surface area contributed by atoms with Gasteiger partial charge in [0, 0.05) is 6.54 Å². The first-order valence-corrected chi connectivity index (χ1v) is 6.23. The quantitative estimate of drug-likeness (QED) is 0.820. The molecule has 0 radical (unpaired) electrons. The van der Waals surface area contributed by atoms with Gasteiger partial charge in [-0.05, 0) is 32.1 Å². The monoisotopic (exact) mass is 249 g/mol. The number of nitrogens with one attached hydrogen (secondary N) is 1. The number of aryl methyl sites for hydroxylation is 1. The average Bonchev–Trinajstić information content (AvgIpc) is 3.01. The molecule has 3 rings (SSSR count). The highest BCUT2D eigenvalue weighted by atomic mass is 16.4. The molecule has 2 heterocycles. The van der Waals surface area contributed by atoms with E-state index in [2.05, 4.69) is 10.4 Å². The molecule has 0 bridgehead atoms. The summed E-state index contributed by atoms with van der Waals surface area (Å²) in [7, 11) is 0. The summed E-state index contributed by atoms with van der Waals surface area (Å²) in [6.07, 6.45) is 5.54. The number of aromatic nitrogens is 2. The largest absolute Gasteiger partial charge is 0.480 e. The number of rotatable bonds is 3. The summed E-state index contributed by atoms with van der Waals surface area (Å²) in [5, 5.41) is 15.9. The van der Waals surface area contributed by atoms with Gasteiger partial charge in [0.2, 0.25) is 0 Å². The number of amides is 1. The van der Waals surface area contributed by atoms with Crippen LogP contribution in [0.15, 0.2) is 6.20 Å². The highest BCUT2D eigenvalue weighted by molar-refractivity contribution is 5.99. The van der Waals surface area contributed by atoms with Crippen LogP contribution in [0.1, 0.15) is 41.7 Å². The van der Waals surface area contributed by atoms with Gasteiger partial charge < -0.3 is 10.4 Å². The molecule has 1 saturated carbocycles. The van der Waals surface area contributed by atoms with E-state index in [1.165, 1.54) is 0 Å². The fourth-order valence-electron chi connectivity index (χ4n) is 2.41. The second-order valence-corrected chi connectivity index (χ2v) is 5.03. The van der Waals surface area contributed by atoms with Crippen LogP contribution in [0.2, 0.25) is 0 Å². The zero-order valence-electron chi connectivity index (χ0n) is 9.98. The lowest BCUT2D eigenvalue weighted by Gasteiger charge is -2.16. The lowest BCUT2D eigenvalue weighted by Crippen LogP contribution is -2.43. The van der Waals surface area contributed by atoms with E-state index in [-0.39, 0.29) is 5.91 Å². The number of hydrogen-bond acceptors (Lipinski definition) is 3. The van der Waals surface area contributed by atoms with Crippen LogP contribution in [0, 0.1) is 0 Å². The van der Waals surface area contributed by atoms with Crippen molar-refractivity contribution in [1.82, 2.24) is 15.1 Å². The highest BCUT2D eigenvalue weighted by Crippen LogP contribution is 2.36. The van der Waals surface area contributed by atoms with Gasteiger partial charge >= 0.3 is 5.97 Å². The van der Waals surface area contributed by atoms with Crippen molar-refractivity contribution in [3.63, 3.8) is 0 Å². The predicted octanol–water partition coefficient (Wildman–Crippen LogP) is 0.566. The fraction of sp³-hybridized carbons (Fsp3) is 0.583. The van der Waals surface area contributed by atoms with Gasteiger partial charge in [-0.15, -0.1) is 0 Å². The van der Waals surface area contributed by atoms with Crippen molar-refractivity contribution >= 4 is 11.9 Å². The highest BCUT2D eigenvalue weighted by Gasteiger charge is 2.52. The van der Waals surface area contributed by atoms with Gasteiger partial charge in [0.05, 0.1) is 17.5 Å². The van der Waals surface area contributed by atoms with E-state index in [1.807, 2.05) is 4.68 Å². The smallest absolute Gasteiger partial charge is 0.329 e. The summed E-state index contributed by atoms with van der Waals surface area (Å²) in [4.78, 5) is 23.2. The molecule has 1 aliphatic heterocycles. The molecule has 1 aliphatic carbocycles. The molecular formula is C12H15N3O3. The molecule has 96 valence electrons. The lowest BCUT2D eigenvalue weighted by atomic mass is 10.1. The summed E-state index contributed by atoms with van der Waals surface area (Å²) < 4.78 is 1.85. The molecule has 1 amide bonds. The van der Waals surface area contributed by atoms with Crippen LogP contribution >= 0.6 is 0 Å². The van der Waals surface area contributed by atoms with E-state index in [4.69, 9.17) is 5.11 Å². The normalized spacial score (nSPS) is 20.0. The molecule has 0 saturated heterocycles. The van der Waals surface area contributed by atoms with E-state index < -0.39 is 11.5 Å². The van der Waals surface area contributed by atoms with Gasteiger partial charge in [0.25, 0.3) is 5.91 Å². The van der Waals surface area contributed by atoms with Crippen molar-refractivity contribution in [2.45, 2.75) is 44.2 Å². The Labute approximate surface area is 104 Å².